The van der Waals surface area contributed by atoms with Crippen LogP contribution in [0.25, 0.3) is 11.3 Å². The molecular weight excluding hydrogens is 253 g/mol. The number of rotatable bonds is 2. The topological polar surface area (TPSA) is 76.2 Å². The van der Waals surface area contributed by atoms with Gasteiger partial charge in [0.1, 0.15) is 5.69 Å². The highest BCUT2D eigenvalue weighted by molar-refractivity contribution is 5.95. The zero-order chi connectivity index (χ0) is 13.3. The van der Waals surface area contributed by atoms with Gasteiger partial charge in [-0.1, -0.05) is 18.2 Å². The van der Waals surface area contributed by atoms with Crippen LogP contribution in [0.5, 0.6) is 0 Å². The molecule has 1 aromatic heterocycles. The number of halogens is 3. The second-order valence-corrected chi connectivity index (χ2v) is 3.30. The first-order valence-electron chi connectivity index (χ1n) is 4.63. The van der Waals surface area contributed by atoms with Gasteiger partial charge in [0.05, 0.1) is 5.56 Å². The molecule has 0 aliphatic rings. The van der Waals surface area contributed by atoms with Gasteiger partial charge >= 0.3 is 12.1 Å². The number of benzene rings is 1. The van der Waals surface area contributed by atoms with Crippen LogP contribution in [-0.4, -0.2) is 21.4 Å². The number of carboxylic acid groups (broad SMARTS) is 1. The van der Waals surface area contributed by atoms with Gasteiger partial charge in [-0.05, 0) is 6.07 Å². The lowest BCUT2D eigenvalue weighted by Gasteiger charge is -2.05. The van der Waals surface area contributed by atoms with Crippen LogP contribution in [0.15, 0.2) is 28.8 Å². The molecule has 1 aromatic carbocycles. The van der Waals surface area contributed by atoms with Crippen LogP contribution in [0, 0.1) is 0 Å². The summed E-state index contributed by atoms with van der Waals surface area (Å²) in [5.74, 6) is -2.78. The zero-order valence-corrected chi connectivity index (χ0v) is 8.60. The van der Waals surface area contributed by atoms with Crippen molar-refractivity contribution < 1.29 is 27.6 Å². The van der Waals surface area contributed by atoms with E-state index in [1.54, 1.807) is 0 Å². The van der Waals surface area contributed by atoms with E-state index in [1.807, 2.05) is 0 Å². The Kier molecular flexibility index (Phi) is 2.77. The summed E-state index contributed by atoms with van der Waals surface area (Å²) in [6.07, 6.45) is -4.79. The van der Waals surface area contributed by atoms with Crippen molar-refractivity contribution in [3.05, 3.63) is 35.6 Å². The van der Waals surface area contributed by atoms with Crippen molar-refractivity contribution in [3.8, 4) is 11.3 Å². The minimum Gasteiger partial charge on any atom is -0.478 e. The number of aromatic carboxylic acids is 1. The summed E-state index contributed by atoms with van der Waals surface area (Å²) in [4.78, 5) is 10.9. The highest BCUT2D eigenvalue weighted by atomic mass is 19.4. The van der Waals surface area contributed by atoms with E-state index in [9.17, 15) is 18.0 Å². The van der Waals surface area contributed by atoms with Gasteiger partial charge in [0.15, 0.2) is 0 Å². The molecule has 8 heteroatoms. The number of aromatic nitrogens is 2. The Morgan fingerprint density at radius 1 is 1.28 bits per heavy atom. The molecule has 0 radical (unpaired) electrons. The van der Waals surface area contributed by atoms with Crippen LogP contribution in [0.2, 0.25) is 0 Å². The average molecular weight is 258 g/mol. The van der Waals surface area contributed by atoms with E-state index in [1.165, 1.54) is 24.3 Å². The molecular formula is C10H5F3N2O3. The molecule has 0 bridgehead atoms. The minimum absolute atomic E-state index is 0.196. The molecule has 2 aromatic rings. The molecule has 0 unspecified atom stereocenters. The molecule has 0 atom stereocenters. The number of hydrogen-bond acceptors (Lipinski definition) is 4. The molecule has 1 N–H and O–H groups in total. The highest BCUT2D eigenvalue weighted by Crippen LogP contribution is 2.36. The molecule has 0 spiro atoms. The van der Waals surface area contributed by atoms with Crippen LogP contribution in [-0.2, 0) is 6.18 Å². The second-order valence-electron chi connectivity index (χ2n) is 3.30. The fraction of sp³-hybridized carbons (Fsp3) is 0.100. The molecule has 0 saturated carbocycles. The quantitative estimate of drug-likeness (QED) is 0.895. The Morgan fingerprint density at radius 3 is 2.56 bits per heavy atom. The molecule has 0 amide bonds. The maximum absolute atomic E-state index is 12.6. The van der Waals surface area contributed by atoms with E-state index in [0.29, 0.717) is 0 Å². The van der Waals surface area contributed by atoms with Gasteiger partial charge in [-0.2, -0.15) is 13.2 Å². The first-order chi connectivity index (χ1) is 8.41. The Bertz CT molecular complexity index is 592. The first kappa shape index (κ1) is 12.1. The summed E-state index contributed by atoms with van der Waals surface area (Å²) in [6.45, 7) is 0. The van der Waals surface area contributed by atoms with Crippen LogP contribution >= 0.6 is 0 Å². The molecule has 18 heavy (non-hydrogen) atoms. The summed E-state index contributed by atoms with van der Waals surface area (Å²) in [6, 6.07) is 5.18. The molecule has 1 heterocycles. The third-order valence-corrected chi connectivity index (χ3v) is 2.16. The van der Waals surface area contributed by atoms with Gasteiger partial charge in [0.2, 0.25) is 0 Å². The van der Waals surface area contributed by atoms with Crippen molar-refractivity contribution in [2.24, 2.45) is 0 Å². The number of hydrogen-bond donors (Lipinski definition) is 1. The smallest absolute Gasteiger partial charge is 0.454 e. The summed E-state index contributed by atoms with van der Waals surface area (Å²) in [7, 11) is 0. The Labute approximate surface area is 97.8 Å². The molecule has 2 rings (SSSR count). The minimum atomic E-state index is -4.79. The van der Waals surface area contributed by atoms with Crippen molar-refractivity contribution in [2.45, 2.75) is 6.18 Å². The standard InChI is InChI=1S/C10H5F3N2O3/c11-10(12,13)8-7(14-15-18-8)5-3-1-2-4-6(5)9(16)17/h1-4H,(H,16,17). The van der Waals surface area contributed by atoms with Crippen molar-refractivity contribution >= 4 is 5.97 Å². The average Bonchev–Trinajstić information content (AvgIpc) is 2.77. The van der Waals surface area contributed by atoms with Crippen molar-refractivity contribution in [1.82, 2.24) is 10.4 Å². The maximum Gasteiger partial charge on any atom is 0.454 e. The molecule has 0 fully saturated rings. The van der Waals surface area contributed by atoms with Crippen LogP contribution in [0.3, 0.4) is 0 Å². The van der Waals surface area contributed by atoms with Crippen molar-refractivity contribution in [2.75, 3.05) is 0 Å². The lowest BCUT2D eigenvalue weighted by atomic mass is 10.0. The largest absolute Gasteiger partial charge is 0.478 e. The van der Waals surface area contributed by atoms with Crippen LogP contribution in [0.4, 0.5) is 13.2 Å². The second kappa shape index (κ2) is 4.13. The van der Waals surface area contributed by atoms with E-state index in [2.05, 4.69) is 14.9 Å². The first-order valence-corrected chi connectivity index (χ1v) is 4.63. The molecule has 0 saturated heterocycles. The fourth-order valence-electron chi connectivity index (χ4n) is 1.43. The molecule has 0 aliphatic carbocycles. The number of alkyl halides is 3. The fourth-order valence-corrected chi connectivity index (χ4v) is 1.43. The van der Waals surface area contributed by atoms with E-state index in [-0.39, 0.29) is 11.1 Å². The van der Waals surface area contributed by atoms with E-state index < -0.39 is 23.6 Å². The Hall–Kier alpha value is -2.38. The summed E-state index contributed by atoms with van der Waals surface area (Å²) in [5.41, 5.74) is -1.14. The van der Waals surface area contributed by atoms with Gasteiger partial charge in [0, 0.05) is 10.8 Å². The third-order valence-electron chi connectivity index (χ3n) is 2.16. The van der Waals surface area contributed by atoms with E-state index >= 15 is 0 Å². The summed E-state index contributed by atoms with van der Waals surface area (Å²) in [5, 5.41) is 14.9. The lowest BCUT2D eigenvalue weighted by molar-refractivity contribution is -0.155. The summed E-state index contributed by atoms with van der Waals surface area (Å²) >= 11 is 0. The predicted octanol–water partition coefficient (Wildman–Crippen LogP) is 2.45. The zero-order valence-electron chi connectivity index (χ0n) is 8.60. The third kappa shape index (κ3) is 2.04. The Morgan fingerprint density at radius 2 is 1.94 bits per heavy atom. The van der Waals surface area contributed by atoms with Gasteiger partial charge in [-0.15, -0.1) is 5.10 Å². The van der Waals surface area contributed by atoms with Crippen LogP contribution in [0.1, 0.15) is 16.1 Å². The number of carboxylic acids is 1. The predicted molar refractivity (Wildman–Crippen MR) is 51.7 cm³/mol. The van der Waals surface area contributed by atoms with E-state index in [4.69, 9.17) is 5.11 Å². The molecule has 0 aliphatic heterocycles. The molecule has 5 nitrogen and oxygen atoms in total. The maximum atomic E-state index is 12.6. The van der Waals surface area contributed by atoms with Gasteiger partial charge in [-0.3, -0.25) is 0 Å². The molecule has 94 valence electrons. The van der Waals surface area contributed by atoms with Gasteiger partial charge in [-0.25, -0.2) is 4.79 Å². The monoisotopic (exact) mass is 258 g/mol. The van der Waals surface area contributed by atoms with E-state index in [0.717, 1.165) is 0 Å². The normalized spacial score (nSPS) is 11.5. The lowest BCUT2D eigenvalue weighted by Crippen LogP contribution is -2.07. The van der Waals surface area contributed by atoms with Gasteiger partial charge in [0.25, 0.3) is 5.76 Å². The summed E-state index contributed by atoms with van der Waals surface area (Å²) < 4.78 is 41.8. The van der Waals surface area contributed by atoms with Crippen molar-refractivity contribution in [1.29, 1.82) is 0 Å². The van der Waals surface area contributed by atoms with Gasteiger partial charge < -0.3 is 9.63 Å². The van der Waals surface area contributed by atoms with Crippen LogP contribution < -0.4 is 0 Å². The number of nitrogens with zero attached hydrogens (tertiary/aromatic N) is 2. The van der Waals surface area contributed by atoms with Crippen molar-refractivity contribution in [3.63, 3.8) is 0 Å². The SMILES string of the molecule is O=C(O)c1ccccc1-c1nnoc1C(F)(F)F. The Balaban J connectivity index is 2.64. The highest BCUT2D eigenvalue weighted by Gasteiger charge is 2.40. The number of carbonyl (C=O) groups is 1.